The van der Waals surface area contributed by atoms with E-state index in [9.17, 15) is 13.2 Å². The van der Waals surface area contributed by atoms with E-state index in [1.165, 1.54) is 6.07 Å². The molecule has 0 unspecified atom stereocenters. The van der Waals surface area contributed by atoms with Crippen molar-refractivity contribution in [1.29, 1.82) is 0 Å². The number of rotatable bonds is 6. The molecule has 0 aliphatic rings. The van der Waals surface area contributed by atoms with E-state index in [4.69, 9.17) is 11.6 Å². The Bertz CT molecular complexity index is 810. The topological polar surface area (TPSA) is 66.5 Å². The highest BCUT2D eigenvalue weighted by Crippen LogP contribution is 2.26. The molecule has 1 N–H and O–H groups in total. The van der Waals surface area contributed by atoms with E-state index in [-0.39, 0.29) is 0 Å². The van der Waals surface area contributed by atoms with Gasteiger partial charge in [0.05, 0.1) is 11.9 Å². The van der Waals surface area contributed by atoms with Gasteiger partial charge in [-0.05, 0) is 36.8 Å². The van der Waals surface area contributed by atoms with Crippen LogP contribution in [-0.4, -0.2) is 26.6 Å². The zero-order chi connectivity index (χ0) is 17.7. The third-order valence-corrected chi connectivity index (χ3v) is 4.85. The maximum Gasteiger partial charge on any atom is 0.248 e. The lowest BCUT2D eigenvalue weighted by Crippen LogP contribution is -2.47. The van der Waals surface area contributed by atoms with E-state index in [0.717, 1.165) is 10.6 Å². The van der Waals surface area contributed by atoms with Gasteiger partial charge in [0.2, 0.25) is 15.9 Å². The molecule has 0 aliphatic heterocycles. The van der Waals surface area contributed by atoms with Crippen molar-refractivity contribution in [3.8, 4) is 0 Å². The molecule has 24 heavy (non-hydrogen) atoms. The molecule has 2 aromatic rings. The molecule has 2 aromatic carbocycles. The van der Waals surface area contributed by atoms with Gasteiger partial charge < -0.3 is 5.32 Å². The quantitative estimate of drug-likeness (QED) is 0.850. The number of benzene rings is 2. The van der Waals surface area contributed by atoms with E-state index >= 15 is 0 Å². The summed E-state index contributed by atoms with van der Waals surface area (Å²) in [7, 11) is -3.67. The predicted molar refractivity (Wildman–Crippen MR) is 97.9 cm³/mol. The van der Waals surface area contributed by atoms with Crippen LogP contribution in [0.15, 0.2) is 54.6 Å². The normalized spacial score (nSPS) is 12.5. The monoisotopic (exact) mass is 366 g/mol. The fourth-order valence-corrected chi connectivity index (χ4v) is 3.81. The first-order valence-electron chi connectivity index (χ1n) is 7.44. The molecule has 0 radical (unpaired) electrons. The Balaban J connectivity index is 2.37. The molecule has 0 aromatic heterocycles. The highest BCUT2D eigenvalue weighted by atomic mass is 35.5. The average molecular weight is 367 g/mol. The second-order valence-corrected chi connectivity index (χ2v) is 7.61. The van der Waals surface area contributed by atoms with Crippen molar-refractivity contribution < 1.29 is 13.2 Å². The lowest BCUT2D eigenvalue weighted by molar-refractivity contribution is -0.117. The van der Waals surface area contributed by atoms with Crippen LogP contribution in [0.3, 0.4) is 0 Å². The minimum Gasteiger partial charge on any atom is -0.324 e. The lowest BCUT2D eigenvalue weighted by Gasteiger charge is -2.30. The summed E-state index contributed by atoms with van der Waals surface area (Å²) in [6, 6.07) is 14.5. The molecule has 0 saturated heterocycles. The number of para-hydroxylation sites is 1. The second kappa shape index (κ2) is 7.68. The number of nitrogens with zero attached hydrogens (tertiary/aromatic N) is 1. The van der Waals surface area contributed by atoms with Crippen LogP contribution in [0, 0.1) is 0 Å². The van der Waals surface area contributed by atoms with Gasteiger partial charge in [-0.15, -0.1) is 0 Å². The summed E-state index contributed by atoms with van der Waals surface area (Å²) in [5, 5.41) is 3.15. The SMILES string of the molecule is CC[C@H](C(=O)Nc1ccccc1)N(c1cccc(Cl)c1)S(C)(=O)=O. The van der Waals surface area contributed by atoms with Gasteiger partial charge in [0.1, 0.15) is 6.04 Å². The predicted octanol–water partition coefficient (Wildman–Crippen LogP) is 3.52. The van der Waals surface area contributed by atoms with E-state index in [2.05, 4.69) is 5.32 Å². The van der Waals surface area contributed by atoms with Crippen LogP contribution < -0.4 is 9.62 Å². The number of carbonyl (C=O) groups is 1. The van der Waals surface area contributed by atoms with Crippen molar-refractivity contribution in [2.45, 2.75) is 19.4 Å². The van der Waals surface area contributed by atoms with Crippen molar-refractivity contribution >= 4 is 38.9 Å². The lowest BCUT2D eigenvalue weighted by atomic mass is 10.2. The van der Waals surface area contributed by atoms with E-state index in [1.54, 1.807) is 49.4 Å². The number of carbonyl (C=O) groups excluding carboxylic acids is 1. The smallest absolute Gasteiger partial charge is 0.248 e. The third-order valence-electron chi connectivity index (χ3n) is 3.43. The van der Waals surface area contributed by atoms with Crippen LogP contribution >= 0.6 is 11.6 Å². The van der Waals surface area contributed by atoms with Crippen LogP contribution in [0.25, 0.3) is 0 Å². The van der Waals surface area contributed by atoms with Gasteiger partial charge in [0.15, 0.2) is 0 Å². The molecule has 0 saturated carbocycles. The first-order valence-corrected chi connectivity index (χ1v) is 9.66. The summed E-state index contributed by atoms with van der Waals surface area (Å²) in [6.45, 7) is 1.76. The van der Waals surface area contributed by atoms with Gasteiger partial charge in [0.25, 0.3) is 0 Å². The van der Waals surface area contributed by atoms with Crippen molar-refractivity contribution in [1.82, 2.24) is 0 Å². The molecule has 1 amide bonds. The minimum atomic E-state index is -3.67. The Morgan fingerprint density at radius 2 is 1.83 bits per heavy atom. The van der Waals surface area contributed by atoms with E-state index < -0.39 is 22.0 Å². The molecule has 1 atom stereocenters. The molecule has 0 fully saturated rings. The number of hydrogen-bond donors (Lipinski definition) is 1. The fraction of sp³-hybridized carbons (Fsp3) is 0.235. The fourth-order valence-electron chi connectivity index (χ4n) is 2.42. The maximum absolute atomic E-state index is 12.6. The van der Waals surface area contributed by atoms with Crippen LogP contribution in [0.2, 0.25) is 5.02 Å². The number of sulfonamides is 1. The summed E-state index contributed by atoms with van der Waals surface area (Å²) in [5.74, 6) is -0.394. The first kappa shape index (κ1) is 18.3. The summed E-state index contributed by atoms with van der Waals surface area (Å²) in [4.78, 5) is 12.6. The maximum atomic E-state index is 12.6. The molecule has 7 heteroatoms. The zero-order valence-electron chi connectivity index (χ0n) is 13.4. The largest absolute Gasteiger partial charge is 0.324 e. The van der Waals surface area contributed by atoms with Gasteiger partial charge in [-0.25, -0.2) is 8.42 Å². The number of nitrogens with one attached hydrogen (secondary N) is 1. The van der Waals surface area contributed by atoms with Gasteiger partial charge >= 0.3 is 0 Å². The summed E-state index contributed by atoms with van der Waals surface area (Å²) in [6.07, 6.45) is 1.39. The molecule has 0 bridgehead atoms. The number of halogens is 1. The summed E-state index contributed by atoms with van der Waals surface area (Å²) < 4.78 is 25.7. The Labute approximate surface area is 147 Å². The third kappa shape index (κ3) is 4.49. The van der Waals surface area contributed by atoms with Crippen LogP contribution in [0.4, 0.5) is 11.4 Å². The Kier molecular flexibility index (Phi) is 5.85. The molecule has 0 heterocycles. The summed E-state index contributed by atoms with van der Waals surface area (Å²) in [5.41, 5.74) is 0.973. The second-order valence-electron chi connectivity index (χ2n) is 5.32. The van der Waals surface area contributed by atoms with Crippen LogP contribution in [0.5, 0.6) is 0 Å². The van der Waals surface area contributed by atoms with Gasteiger partial charge in [0, 0.05) is 10.7 Å². The zero-order valence-corrected chi connectivity index (χ0v) is 15.0. The Morgan fingerprint density at radius 3 is 2.38 bits per heavy atom. The molecule has 2 rings (SSSR count). The summed E-state index contributed by atoms with van der Waals surface area (Å²) >= 11 is 5.97. The number of amides is 1. The Hall–Kier alpha value is -2.05. The standard InChI is InChI=1S/C17H19ClN2O3S/c1-3-16(17(21)19-14-9-5-4-6-10-14)20(24(2,22)23)15-11-7-8-13(18)12-15/h4-12,16H,3H2,1-2H3,(H,19,21)/t16-/m1/s1. The molecule has 0 spiro atoms. The van der Waals surface area contributed by atoms with Gasteiger partial charge in [-0.3, -0.25) is 9.10 Å². The molecular weight excluding hydrogens is 348 g/mol. The van der Waals surface area contributed by atoms with Crippen molar-refractivity contribution in [3.05, 3.63) is 59.6 Å². The van der Waals surface area contributed by atoms with Crippen molar-refractivity contribution in [3.63, 3.8) is 0 Å². The van der Waals surface area contributed by atoms with Gasteiger partial charge in [-0.1, -0.05) is 42.8 Å². The Morgan fingerprint density at radius 1 is 1.17 bits per heavy atom. The van der Waals surface area contributed by atoms with Crippen LogP contribution in [-0.2, 0) is 14.8 Å². The van der Waals surface area contributed by atoms with Crippen molar-refractivity contribution in [2.75, 3.05) is 15.9 Å². The average Bonchev–Trinajstić information content (AvgIpc) is 2.52. The number of hydrogen-bond acceptors (Lipinski definition) is 3. The molecule has 0 aliphatic carbocycles. The first-order chi connectivity index (χ1) is 11.3. The van der Waals surface area contributed by atoms with Gasteiger partial charge in [-0.2, -0.15) is 0 Å². The highest BCUT2D eigenvalue weighted by molar-refractivity contribution is 7.92. The van der Waals surface area contributed by atoms with E-state index in [0.29, 0.717) is 22.8 Å². The van der Waals surface area contributed by atoms with E-state index in [1.807, 2.05) is 6.07 Å². The number of anilines is 2. The van der Waals surface area contributed by atoms with Crippen molar-refractivity contribution in [2.24, 2.45) is 0 Å². The molecule has 5 nitrogen and oxygen atoms in total. The van der Waals surface area contributed by atoms with Crippen LogP contribution in [0.1, 0.15) is 13.3 Å². The molecular formula is C17H19ClN2O3S. The molecule has 128 valence electrons. The minimum absolute atomic E-state index is 0.318. The highest BCUT2D eigenvalue weighted by Gasteiger charge is 2.31.